The third-order valence-corrected chi connectivity index (χ3v) is 2.35. The highest BCUT2D eigenvalue weighted by Gasteiger charge is 2.11. The maximum absolute atomic E-state index is 5.70. The molecule has 0 aliphatic heterocycles. The Hall–Kier alpha value is -1.06. The minimum absolute atomic E-state index is 0.279. The van der Waals surface area contributed by atoms with Gasteiger partial charge in [0.25, 0.3) is 0 Å². The molecule has 0 radical (unpaired) electrons. The average Bonchev–Trinajstić information content (AvgIpc) is 2.19. The molecular formula is C11H18N2O. The van der Waals surface area contributed by atoms with Gasteiger partial charge in [0.2, 0.25) is 0 Å². The van der Waals surface area contributed by atoms with Crippen LogP contribution in [0.2, 0.25) is 0 Å². The van der Waals surface area contributed by atoms with Gasteiger partial charge in [-0.2, -0.15) is 0 Å². The minimum atomic E-state index is 0.279. The van der Waals surface area contributed by atoms with Gasteiger partial charge in [0.05, 0.1) is 7.11 Å². The van der Waals surface area contributed by atoms with Crippen molar-refractivity contribution in [2.24, 2.45) is 5.73 Å². The van der Waals surface area contributed by atoms with Gasteiger partial charge in [0, 0.05) is 12.6 Å². The lowest BCUT2D eigenvalue weighted by Gasteiger charge is -2.23. The standard InChI is InChI=1S/C11H18N2O/c1-13(2)11(8-12)9-4-6-10(14-3)7-5-9/h4-7,11H,8,12H2,1-3H3. The molecule has 0 aliphatic carbocycles. The molecule has 1 atom stereocenters. The van der Waals surface area contributed by atoms with E-state index in [2.05, 4.69) is 17.0 Å². The molecule has 1 aromatic carbocycles. The van der Waals surface area contributed by atoms with E-state index in [-0.39, 0.29) is 6.04 Å². The van der Waals surface area contributed by atoms with Crippen molar-refractivity contribution in [3.63, 3.8) is 0 Å². The molecule has 0 saturated heterocycles. The molecule has 3 nitrogen and oxygen atoms in total. The predicted octanol–water partition coefficient (Wildman–Crippen LogP) is 1.26. The van der Waals surface area contributed by atoms with Crippen LogP contribution in [-0.2, 0) is 0 Å². The van der Waals surface area contributed by atoms with Crippen molar-refractivity contribution in [1.29, 1.82) is 0 Å². The zero-order valence-electron chi connectivity index (χ0n) is 9.03. The number of benzene rings is 1. The third-order valence-electron chi connectivity index (χ3n) is 2.35. The van der Waals surface area contributed by atoms with E-state index in [0.29, 0.717) is 6.54 Å². The smallest absolute Gasteiger partial charge is 0.118 e. The second-order valence-corrected chi connectivity index (χ2v) is 3.49. The van der Waals surface area contributed by atoms with E-state index in [1.807, 2.05) is 26.2 Å². The van der Waals surface area contributed by atoms with Gasteiger partial charge in [0.1, 0.15) is 5.75 Å². The molecule has 0 amide bonds. The largest absolute Gasteiger partial charge is 0.497 e. The first kappa shape index (κ1) is 11.0. The molecule has 0 aromatic heterocycles. The summed E-state index contributed by atoms with van der Waals surface area (Å²) in [6.45, 7) is 0.624. The summed E-state index contributed by atoms with van der Waals surface area (Å²) >= 11 is 0. The van der Waals surface area contributed by atoms with E-state index in [4.69, 9.17) is 10.5 Å². The van der Waals surface area contributed by atoms with Crippen LogP contribution in [-0.4, -0.2) is 32.6 Å². The Morgan fingerprint density at radius 1 is 1.29 bits per heavy atom. The Balaban J connectivity index is 2.84. The number of likely N-dealkylation sites (N-methyl/N-ethyl adjacent to an activating group) is 1. The molecule has 1 rings (SSSR count). The molecule has 1 unspecified atom stereocenters. The second-order valence-electron chi connectivity index (χ2n) is 3.49. The van der Waals surface area contributed by atoms with Crippen molar-refractivity contribution in [1.82, 2.24) is 4.90 Å². The highest BCUT2D eigenvalue weighted by Crippen LogP contribution is 2.19. The van der Waals surface area contributed by atoms with Crippen LogP contribution in [0.5, 0.6) is 5.75 Å². The summed E-state index contributed by atoms with van der Waals surface area (Å²) in [5.41, 5.74) is 6.92. The number of rotatable bonds is 4. The van der Waals surface area contributed by atoms with E-state index in [1.54, 1.807) is 7.11 Å². The summed E-state index contributed by atoms with van der Waals surface area (Å²) in [5.74, 6) is 0.878. The summed E-state index contributed by atoms with van der Waals surface area (Å²) in [6.07, 6.45) is 0. The van der Waals surface area contributed by atoms with Crippen LogP contribution in [0, 0.1) is 0 Å². The van der Waals surface area contributed by atoms with Gasteiger partial charge in [-0.25, -0.2) is 0 Å². The fourth-order valence-corrected chi connectivity index (χ4v) is 1.47. The number of nitrogens with two attached hydrogens (primary N) is 1. The Bertz CT molecular complexity index is 269. The van der Waals surface area contributed by atoms with Crippen LogP contribution < -0.4 is 10.5 Å². The fraction of sp³-hybridized carbons (Fsp3) is 0.455. The van der Waals surface area contributed by atoms with Crippen molar-refractivity contribution in [3.05, 3.63) is 29.8 Å². The highest BCUT2D eigenvalue weighted by molar-refractivity contribution is 5.29. The number of methoxy groups -OCH3 is 1. The first-order valence-electron chi connectivity index (χ1n) is 4.69. The molecule has 78 valence electrons. The highest BCUT2D eigenvalue weighted by atomic mass is 16.5. The quantitative estimate of drug-likeness (QED) is 0.784. The molecule has 3 heteroatoms. The lowest BCUT2D eigenvalue weighted by Crippen LogP contribution is -2.27. The summed E-state index contributed by atoms with van der Waals surface area (Å²) < 4.78 is 5.10. The van der Waals surface area contributed by atoms with Crippen molar-refractivity contribution in [3.8, 4) is 5.75 Å². The molecule has 0 bridgehead atoms. The van der Waals surface area contributed by atoms with Crippen molar-refractivity contribution >= 4 is 0 Å². The molecule has 0 spiro atoms. The van der Waals surface area contributed by atoms with Crippen LogP contribution in [0.25, 0.3) is 0 Å². The van der Waals surface area contributed by atoms with Gasteiger partial charge < -0.3 is 15.4 Å². The van der Waals surface area contributed by atoms with E-state index in [9.17, 15) is 0 Å². The Kier molecular flexibility index (Phi) is 3.92. The monoisotopic (exact) mass is 194 g/mol. The molecule has 0 heterocycles. The van der Waals surface area contributed by atoms with E-state index < -0.39 is 0 Å². The summed E-state index contributed by atoms with van der Waals surface area (Å²) in [5, 5.41) is 0. The van der Waals surface area contributed by atoms with Crippen molar-refractivity contribution < 1.29 is 4.74 Å². The Labute approximate surface area is 85.5 Å². The normalized spacial score (nSPS) is 12.9. The summed E-state index contributed by atoms with van der Waals surface area (Å²) in [7, 11) is 5.73. The topological polar surface area (TPSA) is 38.5 Å². The van der Waals surface area contributed by atoms with Gasteiger partial charge in [-0.05, 0) is 31.8 Å². The van der Waals surface area contributed by atoms with Crippen molar-refractivity contribution in [2.75, 3.05) is 27.7 Å². The number of hydrogen-bond acceptors (Lipinski definition) is 3. The lowest BCUT2D eigenvalue weighted by atomic mass is 10.1. The SMILES string of the molecule is COc1ccc(C(CN)N(C)C)cc1. The molecule has 0 saturated carbocycles. The first-order chi connectivity index (χ1) is 6.69. The van der Waals surface area contributed by atoms with Crippen LogP contribution in [0.4, 0.5) is 0 Å². The molecule has 0 aliphatic rings. The lowest BCUT2D eigenvalue weighted by molar-refractivity contribution is 0.305. The summed E-state index contributed by atoms with van der Waals surface area (Å²) in [6, 6.07) is 8.30. The third kappa shape index (κ3) is 2.47. The zero-order chi connectivity index (χ0) is 10.6. The molecule has 2 N–H and O–H groups in total. The van der Waals surface area contributed by atoms with Gasteiger partial charge in [-0.3, -0.25) is 0 Å². The van der Waals surface area contributed by atoms with Crippen LogP contribution in [0.3, 0.4) is 0 Å². The van der Waals surface area contributed by atoms with Crippen LogP contribution >= 0.6 is 0 Å². The number of ether oxygens (including phenoxy) is 1. The van der Waals surface area contributed by atoms with Crippen LogP contribution in [0.1, 0.15) is 11.6 Å². The maximum atomic E-state index is 5.70. The van der Waals surface area contributed by atoms with E-state index >= 15 is 0 Å². The van der Waals surface area contributed by atoms with Gasteiger partial charge >= 0.3 is 0 Å². The minimum Gasteiger partial charge on any atom is -0.497 e. The predicted molar refractivity (Wildman–Crippen MR) is 58.5 cm³/mol. The maximum Gasteiger partial charge on any atom is 0.118 e. The first-order valence-corrected chi connectivity index (χ1v) is 4.69. The van der Waals surface area contributed by atoms with E-state index in [1.165, 1.54) is 5.56 Å². The number of hydrogen-bond donors (Lipinski definition) is 1. The zero-order valence-corrected chi connectivity index (χ0v) is 9.03. The van der Waals surface area contributed by atoms with Gasteiger partial charge in [-0.1, -0.05) is 12.1 Å². The fourth-order valence-electron chi connectivity index (χ4n) is 1.47. The van der Waals surface area contributed by atoms with Crippen molar-refractivity contribution in [2.45, 2.75) is 6.04 Å². The second kappa shape index (κ2) is 4.98. The molecule has 14 heavy (non-hydrogen) atoms. The Morgan fingerprint density at radius 3 is 2.21 bits per heavy atom. The molecule has 1 aromatic rings. The van der Waals surface area contributed by atoms with E-state index in [0.717, 1.165) is 5.75 Å². The van der Waals surface area contributed by atoms with Gasteiger partial charge in [0.15, 0.2) is 0 Å². The molecular weight excluding hydrogens is 176 g/mol. The summed E-state index contributed by atoms with van der Waals surface area (Å²) in [4.78, 5) is 2.11. The average molecular weight is 194 g/mol. The Morgan fingerprint density at radius 2 is 1.86 bits per heavy atom. The van der Waals surface area contributed by atoms with Gasteiger partial charge in [-0.15, -0.1) is 0 Å². The molecule has 0 fully saturated rings. The van der Waals surface area contributed by atoms with Crippen LogP contribution in [0.15, 0.2) is 24.3 Å². The number of nitrogens with zero attached hydrogens (tertiary/aromatic N) is 1.